The standard InChI is InChI=1S/C19H22N2O2/c1-3-13-20(14-4-2)18(22)12-9-16-7-10-17(11-8-16)21-15-5-6-19(21)23/h3-4,7-12H,1-2,5-6,13-15H2/b12-9+. The van der Waals surface area contributed by atoms with E-state index in [2.05, 4.69) is 13.2 Å². The smallest absolute Gasteiger partial charge is 0.247 e. The molecule has 1 aromatic rings. The summed E-state index contributed by atoms with van der Waals surface area (Å²) >= 11 is 0. The number of amides is 2. The molecule has 1 fully saturated rings. The minimum Gasteiger partial charge on any atom is -0.332 e. The summed E-state index contributed by atoms with van der Waals surface area (Å²) in [5.41, 5.74) is 1.84. The summed E-state index contributed by atoms with van der Waals surface area (Å²) in [5.74, 6) is 0.0940. The summed E-state index contributed by atoms with van der Waals surface area (Å²) in [6.07, 6.45) is 8.24. The van der Waals surface area contributed by atoms with Gasteiger partial charge in [-0.25, -0.2) is 0 Å². The van der Waals surface area contributed by atoms with E-state index in [1.165, 1.54) is 0 Å². The Balaban J connectivity index is 2.02. The average molecular weight is 310 g/mol. The van der Waals surface area contributed by atoms with Crippen molar-refractivity contribution >= 4 is 23.6 Å². The van der Waals surface area contributed by atoms with Gasteiger partial charge < -0.3 is 9.80 Å². The number of hydrogen-bond donors (Lipinski definition) is 0. The second-order valence-electron chi connectivity index (χ2n) is 5.39. The Morgan fingerprint density at radius 3 is 2.35 bits per heavy atom. The molecule has 0 bridgehead atoms. The molecule has 0 unspecified atom stereocenters. The van der Waals surface area contributed by atoms with Crippen molar-refractivity contribution in [3.63, 3.8) is 0 Å². The van der Waals surface area contributed by atoms with Crippen LogP contribution in [0, 0.1) is 0 Å². The van der Waals surface area contributed by atoms with Crippen LogP contribution in [0.15, 0.2) is 55.7 Å². The Morgan fingerprint density at radius 2 is 1.83 bits per heavy atom. The van der Waals surface area contributed by atoms with Crippen molar-refractivity contribution < 1.29 is 9.59 Å². The van der Waals surface area contributed by atoms with E-state index in [0.717, 1.165) is 24.2 Å². The highest BCUT2D eigenvalue weighted by Gasteiger charge is 2.21. The molecule has 0 saturated carbocycles. The van der Waals surface area contributed by atoms with E-state index in [-0.39, 0.29) is 11.8 Å². The van der Waals surface area contributed by atoms with Crippen molar-refractivity contribution in [2.24, 2.45) is 0 Å². The maximum atomic E-state index is 12.1. The Labute approximate surface area is 137 Å². The van der Waals surface area contributed by atoms with Crippen LogP contribution in [0.4, 0.5) is 5.69 Å². The molecule has 0 aromatic heterocycles. The van der Waals surface area contributed by atoms with Crippen molar-refractivity contribution in [3.8, 4) is 0 Å². The van der Waals surface area contributed by atoms with Gasteiger partial charge in [0.2, 0.25) is 11.8 Å². The fraction of sp³-hybridized carbons (Fsp3) is 0.263. The number of anilines is 1. The third-order valence-electron chi connectivity index (χ3n) is 3.71. The number of hydrogen-bond acceptors (Lipinski definition) is 2. The van der Waals surface area contributed by atoms with Crippen LogP contribution in [-0.2, 0) is 9.59 Å². The lowest BCUT2D eigenvalue weighted by atomic mass is 10.2. The van der Waals surface area contributed by atoms with Gasteiger partial charge >= 0.3 is 0 Å². The molecule has 4 heteroatoms. The van der Waals surface area contributed by atoms with E-state index >= 15 is 0 Å². The van der Waals surface area contributed by atoms with Crippen LogP contribution >= 0.6 is 0 Å². The summed E-state index contributed by atoms with van der Waals surface area (Å²) in [7, 11) is 0. The number of carbonyl (C=O) groups is 2. The highest BCUT2D eigenvalue weighted by molar-refractivity contribution is 5.95. The molecule has 120 valence electrons. The average Bonchev–Trinajstić information content (AvgIpc) is 2.99. The first-order valence-electron chi connectivity index (χ1n) is 7.75. The van der Waals surface area contributed by atoms with E-state index in [9.17, 15) is 9.59 Å². The quantitative estimate of drug-likeness (QED) is 0.574. The highest BCUT2D eigenvalue weighted by Crippen LogP contribution is 2.21. The third-order valence-corrected chi connectivity index (χ3v) is 3.71. The number of nitrogens with zero attached hydrogens (tertiary/aromatic N) is 2. The number of rotatable bonds is 7. The van der Waals surface area contributed by atoms with E-state index in [4.69, 9.17) is 0 Å². The van der Waals surface area contributed by atoms with Crippen LogP contribution < -0.4 is 4.90 Å². The predicted octanol–water partition coefficient (Wildman–Crippen LogP) is 3.03. The molecular weight excluding hydrogens is 288 g/mol. The van der Waals surface area contributed by atoms with Gasteiger partial charge in [-0.1, -0.05) is 24.3 Å². The van der Waals surface area contributed by atoms with Crippen LogP contribution in [0.3, 0.4) is 0 Å². The Morgan fingerprint density at radius 1 is 1.17 bits per heavy atom. The second-order valence-corrected chi connectivity index (χ2v) is 5.39. The molecule has 0 aliphatic carbocycles. The zero-order chi connectivity index (χ0) is 16.7. The van der Waals surface area contributed by atoms with E-state index in [1.807, 2.05) is 24.3 Å². The molecule has 2 amide bonds. The maximum absolute atomic E-state index is 12.1. The van der Waals surface area contributed by atoms with Crippen LogP contribution in [0.5, 0.6) is 0 Å². The van der Waals surface area contributed by atoms with Crippen LogP contribution in [0.1, 0.15) is 18.4 Å². The summed E-state index contributed by atoms with van der Waals surface area (Å²) in [6, 6.07) is 7.66. The predicted molar refractivity (Wildman–Crippen MR) is 94.0 cm³/mol. The van der Waals surface area contributed by atoms with Crippen molar-refractivity contribution in [1.29, 1.82) is 0 Å². The minimum absolute atomic E-state index is 0.0800. The SMILES string of the molecule is C=CCN(CC=C)C(=O)/C=C/c1ccc(N2CCCC2=O)cc1. The molecule has 1 aromatic carbocycles. The minimum atomic E-state index is -0.0800. The second kappa shape index (κ2) is 8.13. The van der Waals surface area contributed by atoms with Gasteiger partial charge in [0.15, 0.2) is 0 Å². The number of benzene rings is 1. The molecule has 1 aliphatic heterocycles. The molecule has 4 nitrogen and oxygen atoms in total. The van der Waals surface area contributed by atoms with Gasteiger partial charge in [-0.3, -0.25) is 9.59 Å². The lowest BCUT2D eigenvalue weighted by molar-refractivity contribution is -0.125. The van der Waals surface area contributed by atoms with Crippen molar-refractivity contribution in [1.82, 2.24) is 4.90 Å². The Bertz CT molecular complexity index is 607. The molecule has 23 heavy (non-hydrogen) atoms. The van der Waals surface area contributed by atoms with Gasteiger partial charge in [-0.05, 0) is 30.2 Å². The molecule has 0 N–H and O–H groups in total. The Kier molecular flexibility index (Phi) is 5.92. The van der Waals surface area contributed by atoms with E-state index in [0.29, 0.717) is 19.5 Å². The monoisotopic (exact) mass is 310 g/mol. The first-order valence-corrected chi connectivity index (χ1v) is 7.75. The lowest BCUT2D eigenvalue weighted by Crippen LogP contribution is -2.29. The van der Waals surface area contributed by atoms with Crippen LogP contribution in [0.2, 0.25) is 0 Å². The molecule has 0 radical (unpaired) electrons. The van der Waals surface area contributed by atoms with Crippen molar-refractivity contribution in [2.45, 2.75) is 12.8 Å². The maximum Gasteiger partial charge on any atom is 0.247 e. The zero-order valence-corrected chi connectivity index (χ0v) is 13.3. The van der Waals surface area contributed by atoms with E-state index in [1.54, 1.807) is 34.1 Å². The molecule has 0 atom stereocenters. The summed E-state index contributed by atoms with van der Waals surface area (Å²) in [4.78, 5) is 27.3. The van der Waals surface area contributed by atoms with Crippen LogP contribution in [-0.4, -0.2) is 36.3 Å². The molecule has 0 spiro atoms. The number of carbonyl (C=O) groups excluding carboxylic acids is 2. The van der Waals surface area contributed by atoms with Gasteiger partial charge in [0, 0.05) is 37.8 Å². The third kappa shape index (κ3) is 4.42. The summed E-state index contributed by atoms with van der Waals surface area (Å²) in [5, 5.41) is 0. The first-order chi connectivity index (χ1) is 11.2. The normalized spacial score (nSPS) is 14.3. The fourth-order valence-corrected chi connectivity index (χ4v) is 2.53. The van der Waals surface area contributed by atoms with Crippen molar-refractivity contribution in [2.75, 3.05) is 24.5 Å². The van der Waals surface area contributed by atoms with Gasteiger partial charge in [0.25, 0.3) is 0 Å². The fourth-order valence-electron chi connectivity index (χ4n) is 2.53. The highest BCUT2D eigenvalue weighted by atomic mass is 16.2. The molecule has 1 heterocycles. The van der Waals surface area contributed by atoms with Gasteiger partial charge in [-0.15, -0.1) is 13.2 Å². The largest absolute Gasteiger partial charge is 0.332 e. The van der Waals surface area contributed by atoms with Gasteiger partial charge in [0.1, 0.15) is 0 Å². The zero-order valence-electron chi connectivity index (χ0n) is 13.3. The van der Waals surface area contributed by atoms with E-state index < -0.39 is 0 Å². The first kappa shape index (κ1) is 16.7. The molecule has 1 saturated heterocycles. The van der Waals surface area contributed by atoms with Gasteiger partial charge in [-0.2, -0.15) is 0 Å². The summed E-state index contributed by atoms with van der Waals surface area (Å²) in [6.45, 7) is 9.07. The summed E-state index contributed by atoms with van der Waals surface area (Å²) < 4.78 is 0. The molecule has 2 rings (SSSR count). The Hall–Kier alpha value is -2.62. The topological polar surface area (TPSA) is 40.6 Å². The van der Waals surface area contributed by atoms with Gasteiger partial charge in [0.05, 0.1) is 0 Å². The molecule has 1 aliphatic rings. The lowest BCUT2D eigenvalue weighted by Gasteiger charge is -2.17. The van der Waals surface area contributed by atoms with Crippen molar-refractivity contribution in [3.05, 3.63) is 61.2 Å². The molecular formula is C19H22N2O2. The van der Waals surface area contributed by atoms with Crippen LogP contribution in [0.25, 0.3) is 6.08 Å².